The molecule has 0 atom stereocenters. The topological polar surface area (TPSA) is 92.4 Å². The SMILES string of the molecule is Cc1ccc(NS(N)(=O)=O)cc1C#CCCO. The minimum Gasteiger partial charge on any atom is -0.395 e. The van der Waals surface area contributed by atoms with Crippen molar-refractivity contribution in [2.75, 3.05) is 11.3 Å². The Balaban J connectivity index is 3.00. The minimum atomic E-state index is -3.77. The van der Waals surface area contributed by atoms with E-state index < -0.39 is 10.2 Å². The molecular formula is C11H14N2O3S. The molecule has 0 radical (unpaired) electrons. The average Bonchev–Trinajstić information content (AvgIpc) is 2.21. The Morgan fingerprint density at radius 1 is 1.47 bits per heavy atom. The summed E-state index contributed by atoms with van der Waals surface area (Å²) in [6.07, 6.45) is 0.381. The number of anilines is 1. The molecular weight excluding hydrogens is 240 g/mol. The van der Waals surface area contributed by atoms with E-state index in [1.807, 2.05) is 6.92 Å². The molecule has 0 aromatic heterocycles. The number of nitrogens with two attached hydrogens (primary N) is 1. The Morgan fingerprint density at radius 3 is 2.76 bits per heavy atom. The van der Waals surface area contributed by atoms with Gasteiger partial charge in [0.1, 0.15) is 0 Å². The predicted octanol–water partition coefficient (Wildman–Crippen LogP) is 0.344. The quantitative estimate of drug-likeness (QED) is 0.679. The van der Waals surface area contributed by atoms with Crippen molar-refractivity contribution in [3.8, 4) is 11.8 Å². The maximum atomic E-state index is 10.9. The fraction of sp³-hybridized carbons (Fsp3) is 0.273. The summed E-state index contributed by atoms with van der Waals surface area (Å²) in [5.41, 5.74) is 1.99. The lowest BCUT2D eigenvalue weighted by Crippen LogP contribution is -2.21. The molecule has 1 aromatic carbocycles. The van der Waals surface area contributed by atoms with Gasteiger partial charge in [-0.2, -0.15) is 8.42 Å². The fourth-order valence-corrected chi connectivity index (χ4v) is 1.65. The van der Waals surface area contributed by atoms with Crippen LogP contribution in [0.5, 0.6) is 0 Å². The van der Waals surface area contributed by atoms with Crippen LogP contribution in [0.15, 0.2) is 18.2 Å². The van der Waals surface area contributed by atoms with Crippen LogP contribution in [-0.4, -0.2) is 20.1 Å². The summed E-state index contributed by atoms with van der Waals surface area (Å²) in [7, 11) is -3.77. The van der Waals surface area contributed by atoms with Gasteiger partial charge in [-0.1, -0.05) is 17.9 Å². The van der Waals surface area contributed by atoms with E-state index in [9.17, 15) is 8.42 Å². The molecule has 92 valence electrons. The Morgan fingerprint density at radius 2 is 2.18 bits per heavy atom. The predicted molar refractivity (Wildman–Crippen MR) is 66.5 cm³/mol. The molecule has 4 N–H and O–H groups in total. The minimum absolute atomic E-state index is 0.00116. The van der Waals surface area contributed by atoms with E-state index in [0.717, 1.165) is 5.56 Å². The fourth-order valence-electron chi connectivity index (χ4n) is 1.20. The van der Waals surface area contributed by atoms with Crippen molar-refractivity contribution in [2.24, 2.45) is 5.14 Å². The third-order valence-electron chi connectivity index (χ3n) is 1.96. The van der Waals surface area contributed by atoms with Gasteiger partial charge in [-0.05, 0) is 24.6 Å². The van der Waals surface area contributed by atoms with Gasteiger partial charge in [-0.15, -0.1) is 0 Å². The van der Waals surface area contributed by atoms with E-state index >= 15 is 0 Å². The number of nitrogens with one attached hydrogen (secondary N) is 1. The monoisotopic (exact) mass is 254 g/mol. The van der Waals surface area contributed by atoms with Crippen LogP contribution >= 0.6 is 0 Å². The molecule has 0 saturated carbocycles. The van der Waals surface area contributed by atoms with Gasteiger partial charge in [0.15, 0.2) is 0 Å². The van der Waals surface area contributed by atoms with Crippen molar-refractivity contribution in [3.05, 3.63) is 29.3 Å². The molecule has 0 aliphatic heterocycles. The van der Waals surface area contributed by atoms with Crippen LogP contribution in [0.3, 0.4) is 0 Å². The second-order valence-corrected chi connectivity index (χ2v) is 4.75. The molecule has 5 nitrogen and oxygen atoms in total. The number of aliphatic hydroxyl groups is 1. The first-order valence-corrected chi connectivity index (χ1v) is 6.48. The summed E-state index contributed by atoms with van der Waals surface area (Å²) in [5.74, 6) is 5.63. The van der Waals surface area contributed by atoms with Crippen LogP contribution in [0.2, 0.25) is 0 Å². The van der Waals surface area contributed by atoms with Crippen LogP contribution < -0.4 is 9.86 Å². The van der Waals surface area contributed by atoms with Gasteiger partial charge in [0.25, 0.3) is 10.2 Å². The van der Waals surface area contributed by atoms with Gasteiger partial charge in [0, 0.05) is 12.0 Å². The summed E-state index contributed by atoms with van der Waals surface area (Å²) in [6, 6.07) is 4.96. The van der Waals surface area contributed by atoms with E-state index in [-0.39, 0.29) is 6.61 Å². The van der Waals surface area contributed by atoms with E-state index in [0.29, 0.717) is 17.7 Å². The summed E-state index contributed by atoms with van der Waals surface area (Å²) < 4.78 is 23.9. The third kappa shape index (κ3) is 4.87. The highest BCUT2D eigenvalue weighted by Crippen LogP contribution is 2.14. The Bertz CT molecular complexity index is 556. The van der Waals surface area contributed by atoms with Crippen molar-refractivity contribution >= 4 is 15.9 Å². The zero-order valence-corrected chi connectivity index (χ0v) is 10.2. The van der Waals surface area contributed by atoms with E-state index in [2.05, 4.69) is 16.6 Å². The molecule has 6 heteroatoms. The molecule has 0 bridgehead atoms. The van der Waals surface area contributed by atoms with Crippen molar-refractivity contribution in [3.63, 3.8) is 0 Å². The lowest BCUT2D eigenvalue weighted by molar-refractivity contribution is 0.305. The average molecular weight is 254 g/mol. The van der Waals surface area contributed by atoms with Gasteiger partial charge >= 0.3 is 0 Å². The molecule has 0 spiro atoms. The highest BCUT2D eigenvalue weighted by molar-refractivity contribution is 7.90. The van der Waals surface area contributed by atoms with Crippen LogP contribution in [0.4, 0.5) is 5.69 Å². The third-order valence-corrected chi connectivity index (χ3v) is 2.48. The molecule has 0 fully saturated rings. The number of aryl methyl sites for hydroxylation is 1. The number of rotatable bonds is 3. The lowest BCUT2D eigenvalue weighted by atomic mass is 10.1. The highest BCUT2D eigenvalue weighted by atomic mass is 32.2. The van der Waals surface area contributed by atoms with E-state index in [4.69, 9.17) is 10.2 Å². The molecule has 0 saturated heterocycles. The molecule has 0 unspecified atom stereocenters. The van der Waals surface area contributed by atoms with Gasteiger partial charge < -0.3 is 5.11 Å². The smallest absolute Gasteiger partial charge is 0.296 e. The maximum absolute atomic E-state index is 10.9. The van der Waals surface area contributed by atoms with Gasteiger partial charge in [-0.3, -0.25) is 4.72 Å². The summed E-state index contributed by atoms with van der Waals surface area (Å²) in [5, 5.41) is 13.5. The number of benzene rings is 1. The molecule has 1 aromatic rings. The summed E-state index contributed by atoms with van der Waals surface area (Å²) in [6.45, 7) is 1.87. The normalized spacial score (nSPS) is 10.5. The van der Waals surface area contributed by atoms with Crippen molar-refractivity contribution in [2.45, 2.75) is 13.3 Å². The van der Waals surface area contributed by atoms with Crippen molar-refractivity contribution in [1.82, 2.24) is 0 Å². The highest BCUT2D eigenvalue weighted by Gasteiger charge is 2.03. The van der Waals surface area contributed by atoms with Gasteiger partial charge in [0.05, 0.1) is 12.3 Å². The Hall–Kier alpha value is -1.55. The zero-order valence-electron chi connectivity index (χ0n) is 9.40. The Labute approximate surface area is 101 Å². The molecule has 0 aliphatic carbocycles. The number of aliphatic hydroxyl groups excluding tert-OH is 1. The van der Waals surface area contributed by atoms with Gasteiger partial charge in [0.2, 0.25) is 0 Å². The number of hydrogen-bond acceptors (Lipinski definition) is 3. The van der Waals surface area contributed by atoms with E-state index in [1.165, 1.54) is 0 Å². The second-order valence-electron chi connectivity index (χ2n) is 3.45. The molecule has 0 aliphatic rings. The molecule has 1 rings (SSSR count). The molecule has 17 heavy (non-hydrogen) atoms. The van der Waals surface area contributed by atoms with Crippen LogP contribution in [0.1, 0.15) is 17.5 Å². The number of hydrogen-bond donors (Lipinski definition) is 3. The molecule has 0 amide bonds. The lowest BCUT2D eigenvalue weighted by Gasteiger charge is -2.05. The largest absolute Gasteiger partial charge is 0.395 e. The first-order chi connectivity index (χ1) is 7.92. The van der Waals surface area contributed by atoms with Crippen LogP contribution in [-0.2, 0) is 10.2 Å². The first-order valence-electron chi connectivity index (χ1n) is 4.93. The van der Waals surface area contributed by atoms with Gasteiger partial charge in [-0.25, -0.2) is 5.14 Å². The summed E-state index contributed by atoms with van der Waals surface area (Å²) in [4.78, 5) is 0. The van der Waals surface area contributed by atoms with E-state index in [1.54, 1.807) is 18.2 Å². The summed E-state index contributed by atoms with van der Waals surface area (Å²) >= 11 is 0. The molecule has 0 heterocycles. The van der Waals surface area contributed by atoms with Crippen LogP contribution in [0.25, 0.3) is 0 Å². The van der Waals surface area contributed by atoms with Crippen LogP contribution in [0, 0.1) is 18.8 Å². The van der Waals surface area contributed by atoms with Crippen molar-refractivity contribution < 1.29 is 13.5 Å². The van der Waals surface area contributed by atoms with Crippen molar-refractivity contribution in [1.29, 1.82) is 0 Å². The zero-order chi connectivity index (χ0) is 12.9. The second kappa shape index (κ2) is 5.68. The Kier molecular flexibility index (Phi) is 4.52. The first kappa shape index (κ1) is 13.5. The standard InChI is InChI=1S/C11H14N2O3S/c1-9-5-6-11(13-17(12,15)16)8-10(9)4-2-3-7-14/h5-6,8,13-14H,3,7H2,1H3,(H2,12,15,16). The maximum Gasteiger partial charge on any atom is 0.296 e.